The molecule has 0 aliphatic carbocycles. The summed E-state index contributed by atoms with van der Waals surface area (Å²) >= 11 is 6.34. The van der Waals surface area contributed by atoms with Crippen LogP contribution in [0.3, 0.4) is 0 Å². The fourth-order valence-corrected chi connectivity index (χ4v) is 2.98. The molecule has 2 aliphatic rings. The van der Waals surface area contributed by atoms with E-state index in [2.05, 4.69) is 23.2 Å². The molecule has 2 aromatic rings. The Morgan fingerprint density at radius 1 is 0.957 bits per heavy atom. The zero-order valence-corrected chi connectivity index (χ0v) is 13.9. The minimum absolute atomic E-state index is 0. The van der Waals surface area contributed by atoms with Gasteiger partial charge in [0.05, 0.1) is 23.8 Å². The predicted octanol–water partition coefficient (Wildman–Crippen LogP) is 4.28. The zero-order valence-electron chi connectivity index (χ0n) is 12.3. The summed E-state index contributed by atoms with van der Waals surface area (Å²) in [4.78, 5) is 4.60. The van der Waals surface area contributed by atoms with E-state index in [0.29, 0.717) is 5.02 Å². The first-order chi connectivity index (χ1) is 10.8. The van der Waals surface area contributed by atoms with Crippen molar-refractivity contribution in [2.24, 2.45) is 10.1 Å². The summed E-state index contributed by atoms with van der Waals surface area (Å²) in [5.74, 6) is 0.946. The van der Waals surface area contributed by atoms with E-state index in [4.69, 9.17) is 16.7 Å². The van der Waals surface area contributed by atoms with E-state index >= 15 is 0 Å². The average Bonchev–Trinajstić information content (AvgIpc) is 3.03. The van der Waals surface area contributed by atoms with E-state index in [1.165, 1.54) is 0 Å². The Hall–Kier alpha value is -2.10. The summed E-state index contributed by atoms with van der Waals surface area (Å²) in [7, 11) is 0. The highest BCUT2D eigenvalue weighted by molar-refractivity contribution is 6.37. The van der Waals surface area contributed by atoms with Gasteiger partial charge in [0, 0.05) is 11.1 Å². The molecule has 0 saturated carbocycles. The van der Waals surface area contributed by atoms with Gasteiger partial charge in [0.25, 0.3) is 0 Å². The van der Waals surface area contributed by atoms with Crippen molar-refractivity contribution in [2.45, 2.75) is 0 Å². The Morgan fingerprint density at radius 2 is 1.70 bits per heavy atom. The smallest absolute Gasteiger partial charge is 0.152 e. The number of rotatable bonds is 2. The molecule has 0 radical (unpaired) electrons. The van der Waals surface area contributed by atoms with Crippen LogP contribution in [0.5, 0.6) is 0 Å². The molecule has 4 rings (SSSR count). The summed E-state index contributed by atoms with van der Waals surface area (Å²) in [5, 5.41) is 7.39. The van der Waals surface area contributed by atoms with Gasteiger partial charge in [-0.05, 0) is 17.7 Å². The second kappa shape index (κ2) is 6.57. The van der Waals surface area contributed by atoms with Gasteiger partial charge in [0.15, 0.2) is 5.84 Å². The van der Waals surface area contributed by atoms with Crippen molar-refractivity contribution in [1.82, 2.24) is 5.01 Å². The number of halogens is 2. The van der Waals surface area contributed by atoms with Gasteiger partial charge in [-0.1, -0.05) is 60.1 Å². The first-order valence-electron chi connectivity index (χ1n) is 7.26. The minimum Gasteiger partial charge on any atom is -0.265 e. The number of benzene rings is 2. The number of amidine groups is 1. The lowest BCUT2D eigenvalue weighted by Crippen LogP contribution is -2.28. The van der Waals surface area contributed by atoms with Gasteiger partial charge < -0.3 is 0 Å². The highest BCUT2D eigenvalue weighted by atomic mass is 35.5. The summed E-state index contributed by atoms with van der Waals surface area (Å²) in [6.07, 6.45) is 2.08. The second-order valence-corrected chi connectivity index (χ2v) is 5.62. The Morgan fingerprint density at radius 3 is 2.48 bits per heavy atom. The molecule has 116 valence electrons. The highest BCUT2D eigenvalue weighted by Gasteiger charge is 2.26. The third kappa shape index (κ3) is 2.90. The molecule has 23 heavy (non-hydrogen) atoms. The molecule has 0 atom stereocenters. The first-order valence-corrected chi connectivity index (χ1v) is 7.64. The monoisotopic (exact) mass is 343 g/mol. The van der Waals surface area contributed by atoms with Gasteiger partial charge in [-0.25, -0.2) is 5.01 Å². The molecule has 0 bridgehead atoms. The van der Waals surface area contributed by atoms with Gasteiger partial charge in [0.1, 0.15) is 0 Å². The van der Waals surface area contributed by atoms with Crippen LogP contribution in [0.1, 0.15) is 11.1 Å². The number of fused-ring (bicyclic) bond motifs is 1. The van der Waals surface area contributed by atoms with E-state index < -0.39 is 0 Å². The maximum absolute atomic E-state index is 6.34. The lowest BCUT2D eigenvalue weighted by atomic mass is 9.99. The van der Waals surface area contributed by atoms with E-state index in [9.17, 15) is 0 Å². The maximum atomic E-state index is 6.34. The van der Waals surface area contributed by atoms with Crippen molar-refractivity contribution in [2.75, 3.05) is 13.1 Å². The fraction of sp³-hybridized carbons (Fsp3) is 0.111. The summed E-state index contributed by atoms with van der Waals surface area (Å²) < 4.78 is 0. The number of hydrogen-bond acceptors (Lipinski definition) is 3. The maximum Gasteiger partial charge on any atom is 0.152 e. The SMILES string of the molecule is Cl.Clc1ccccc1C1=NN2CCN=C2C(c2ccccc2)=C1. The molecule has 2 aliphatic heterocycles. The number of allylic oxidation sites excluding steroid dienone is 1. The van der Waals surface area contributed by atoms with Gasteiger partial charge in [0.2, 0.25) is 0 Å². The van der Waals surface area contributed by atoms with Crippen LogP contribution < -0.4 is 0 Å². The lowest BCUT2D eigenvalue weighted by Gasteiger charge is -2.23. The highest BCUT2D eigenvalue weighted by Crippen LogP contribution is 2.28. The van der Waals surface area contributed by atoms with E-state index in [1.54, 1.807) is 0 Å². The van der Waals surface area contributed by atoms with Crippen LogP contribution in [0, 0.1) is 0 Å². The summed E-state index contributed by atoms with van der Waals surface area (Å²) in [6.45, 7) is 1.59. The molecule has 0 amide bonds. The van der Waals surface area contributed by atoms with Crippen LogP contribution in [0.2, 0.25) is 5.02 Å². The molecule has 3 nitrogen and oxygen atoms in total. The topological polar surface area (TPSA) is 28.0 Å². The van der Waals surface area contributed by atoms with Crippen LogP contribution in [0.4, 0.5) is 0 Å². The predicted molar refractivity (Wildman–Crippen MR) is 98.7 cm³/mol. The van der Waals surface area contributed by atoms with Gasteiger partial charge in [-0.15, -0.1) is 12.4 Å². The summed E-state index contributed by atoms with van der Waals surface area (Å²) in [6, 6.07) is 18.1. The quantitative estimate of drug-likeness (QED) is 0.799. The van der Waals surface area contributed by atoms with Crippen molar-refractivity contribution in [1.29, 1.82) is 0 Å². The van der Waals surface area contributed by atoms with E-state index in [0.717, 1.165) is 41.3 Å². The average molecular weight is 344 g/mol. The Labute approximate surface area is 146 Å². The molecule has 0 fully saturated rings. The third-order valence-corrected chi connectivity index (χ3v) is 4.13. The molecule has 0 saturated heterocycles. The van der Waals surface area contributed by atoms with Crippen LogP contribution in [0.25, 0.3) is 5.57 Å². The van der Waals surface area contributed by atoms with Crippen molar-refractivity contribution in [3.8, 4) is 0 Å². The largest absolute Gasteiger partial charge is 0.265 e. The number of hydrazone groups is 1. The van der Waals surface area contributed by atoms with Crippen LogP contribution >= 0.6 is 24.0 Å². The van der Waals surface area contributed by atoms with Crippen LogP contribution in [-0.4, -0.2) is 29.6 Å². The van der Waals surface area contributed by atoms with E-state index in [-0.39, 0.29) is 12.4 Å². The molecule has 0 unspecified atom stereocenters. The number of hydrogen-bond donors (Lipinski definition) is 0. The molecule has 5 heteroatoms. The molecular formula is C18H15Cl2N3. The molecule has 0 N–H and O–H groups in total. The van der Waals surface area contributed by atoms with Crippen LogP contribution in [-0.2, 0) is 0 Å². The Kier molecular flexibility index (Phi) is 4.51. The van der Waals surface area contributed by atoms with Crippen LogP contribution in [0.15, 0.2) is 70.8 Å². The fourth-order valence-electron chi connectivity index (χ4n) is 2.75. The molecule has 0 spiro atoms. The standard InChI is InChI=1S/C18H14ClN3.ClH/c19-16-9-5-4-8-14(16)17-12-15(13-6-2-1-3-7-13)18-20-10-11-22(18)21-17;/h1-9,12H,10-11H2;1H. The third-order valence-electron chi connectivity index (χ3n) is 3.80. The molecule has 2 aromatic carbocycles. The first kappa shape index (κ1) is 15.8. The molecular weight excluding hydrogens is 329 g/mol. The van der Waals surface area contributed by atoms with Gasteiger partial charge in [-0.3, -0.25) is 4.99 Å². The Balaban J connectivity index is 0.00000156. The number of nitrogens with zero attached hydrogens (tertiary/aromatic N) is 3. The molecule has 0 aromatic heterocycles. The van der Waals surface area contributed by atoms with Crippen molar-refractivity contribution < 1.29 is 0 Å². The van der Waals surface area contributed by atoms with Crippen molar-refractivity contribution in [3.63, 3.8) is 0 Å². The van der Waals surface area contributed by atoms with Gasteiger partial charge in [-0.2, -0.15) is 5.10 Å². The van der Waals surface area contributed by atoms with Crippen molar-refractivity contribution in [3.05, 3.63) is 76.8 Å². The molecule has 2 heterocycles. The summed E-state index contributed by atoms with van der Waals surface area (Å²) in [5.41, 5.74) is 4.07. The number of aliphatic imine (C=N–C) groups is 1. The minimum atomic E-state index is 0. The second-order valence-electron chi connectivity index (χ2n) is 5.22. The Bertz CT molecular complexity index is 810. The van der Waals surface area contributed by atoms with Crippen molar-refractivity contribution >= 4 is 41.1 Å². The lowest BCUT2D eigenvalue weighted by molar-refractivity contribution is 0.491. The van der Waals surface area contributed by atoms with Gasteiger partial charge >= 0.3 is 0 Å². The van der Waals surface area contributed by atoms with E-state index in [1.807, 2.05) is 47.5 Å². The zero-order chi connectivity index (χ0) is 14.9. The normalized spacial score (nSPS) is 16.0.